The summed E-state index contributed by atoms with van der Waals surface area (Å²) in [6, 6.07) is 7.91. The van der Waals surface area contributed by atoms with E-state index >= 15 is 0 Å². The van der Waals surface area contributed by atoms with E-state index < -0.39 is 17.4 Å². The van der Waals surface area contributed by atoms with Crippen LogP contribution in [0.3, 0.4) is 0 Å². The highest BCUT2D eigenvalue weighted by Gasteiger charge is 2.13. The van der Waals surface area contributed by atoms with Crippen LogP contribution in [0.2, 0.25) is 0 Å². The summed E-state index contributed by atoms with van der Waals surface area (Å²) in [6.45, 7) is -0.128. The van der Waals surface area contributed by atoms with Crippen LogP contribution in [0.25, 0.3) is 0 Å². The van der Waals surface area contributed by atoms with Gasteiger partial charge in [0.05, 0.1) is 6.61 Å². The highest BCUT2D eigenvalue weighted by atomic mass is 19.1. The highest BCUT2D eigenvalue weighted by molar-refractivity contribution is 5.75. The summed E-state index contributed by atoms with van der Waals surface area (Å²) in [7, 11) is 0. The fourth-order valence-electron chi connectivity index (χ4n) is 1.53. The molecule has 0 saturated carbocycles. The van der Waals surface area contributed by atoms with Crippen LogP contribution in [0.5, 0.6) is 11.5 Å². The van der Waals surface area contributed by atoms with Crippen LogP contribution in [0, 0.1) is 11.6 Å². The SMILES string of the molecule is O=Cc1cc(F)c(Oc2ccc(CO)cc2)c(F)c1. The van der Waals surface area contributed by atoms with Crippen LogP contribution in [-0.2, 0) is 6.61 Å². The molecule has 1 N–H and O–H groups in total. The zero-order chi connectivity index (χ0) is 13.8. The van der Waals surface area contributed by atoms with E-state index in [9.17, 15) is 13.6 Å². The van der Waals surface area contributed by atoms with Crippen molar-refractivity contribution in [3.05, 3.63) is 59.2 Å². The van der Waals surface area contributed by atoms with E-state index in [2.05, 4.69) is 0 Å². The molecule has 0 aliphatic rings. The first-order chi connectivity index (χ1) is 9.13. The molecular formula is C14H10F2O3. The molecule has 0 saturated heterocycles. The van der Waals surface area contributed by atoms with E-state index in [0.717, 1.165) is 12.1 Å². The molecule has 0 radical (unpaired) electrons. The molecule has 0 spiro atoms. The van der Waals surface area contributed by atoms with Crippen molar-refractivity contribution in [1.82, 2.24) is 0 Å². The van der Waals surface area contributed by atoms with E-state index in [0.29, 0.717) is 11.8 Å². The third-order valence-corrected chi connectivity index (χ3v) is 2.48. The maximum atomic E-state index is 13.6. The number of ether oxygens (including phenoxy) is 1. The van der Waals surface area contributed by atoms with Gasteiger partial charge in [0.2, 0.25) is 0 Å². The number of benzene rings is 2. The van der Waals surface area contributed by atoms with Crippen molar-refractivity contribution >= 4 is 6.29 Å². The smallest absolute Gasteiger partial charge is 0.198 e. The van der Waals surface area contributed by atoms with Crippen LogP contribution in [0.1, 0.15) is 15.9 Å². The number of aliphatic hydroxyl groups excluding tert-OH is 1. The van der Waals surface area contributed by atoms with Gasteiger partial charge in [-0.15, -0.1) is 0 Å². The molecular weight excluding hydrogens is 254 g/mol. The molecule has 0 amide bonds. The maximum Gasteiger partial charge on any atom is 0.198 e. The molecule has 5 heteroatoms. The Labute approximate surface area is 108 Å². The average molecular weight is 264 g/mol. The van der Waals surface area contributed by atoms with E-state index in [1.807, 2.05) is 0 Å². The third kappa shape index (κ3) is 2.95. The van der Waals surface area contributed by atoms with Gasteiger partial charge in [-0.25, -0.2) is 8.78 Å². The molecule has 2 aromatic carbocycles. The molecule has 98 valence electrons. The Morgan fingerprint density at radius 2 is 1.68 bits per heavy atom. The van der Waals surface area contributed by atoms with Gasteiger partial charge in [-0.1, -0.05) is 12.1 Å². The van der Waals surface area contributed by atoms with Gasteiger partial charge in [-0.3, -0.25) is 4.79 Å². The molecule has 0 aliphatic heterocycles. The normalized spacial score (nSPS) is 10.3. The first-order valence-electron chi connectivity index (χ1n) is 5.46. The van der Waals surface area contributed by atoms with Crippen molar-refractivity contribution in [1.29, 1.82) is 0 Å². The number of rotatable bonds is 4. The molecule has 2 rings (SSSR count). The van der Waals surface area contributed by atoms with Gasteiger partial charge >= 0.3 is 0 Å². The zero-order valence-corrected chi connectivity index (χ0v) is 9.77. The fraction of sp³-hybridized carbons (Fsp3) is 0.0714. The molecule has 0 fully saturated rings. The summed E-state index contributed by atoms with van der Waals surface area (Å²) in [4.78, 5) is 10.5. The predicted molar refractivity (Wildman–Crippen MR) is 64.2 cm³/mol. The number of hydrogen-bond donors (Lipinski definition) is 1. The minimum Gasteiger partial charge on any atom is -0.451 e. The van der Waals surface area contributed by atoms with Gasteiger partial charge in [-0.2, -0.15) is 0 Å². The minimum absolute atomic E-state index is 0.0991. The number of carbonyl (C=O) groups excluding carboxylic acids is 1. The molecule has 0 aliphatic carbocycles. The van der Waals surface area contributed by atoms with Gasteiger partial charge in [0.15, 0.2) is 17.4 Å². The maximum absolute atomic E-state index is 13.6. The number of hydrogen-bond acceptors (Lipinski definition) is 3. The lowest BCUT2D eigenvalue weighted by atomic mass is 10.2. The molecule has 0 aromatic heterocycles. The van der Waals surface area contributed by atoms with Crippen molar-refractivity contribution in [2.45, 2.75) is 6.61 Å². The highest BCUT2D eigenvalue weighted by Crippen LogP contribution is 2.28. The Kier molecular flexibility index (Phi) is 3.87. The largest absolute Gasteiger partial charge is 0.451 e. The first-order valence-corrected chi connectivity index (χ1v) is 5.46. The number of aldehydes is 1. The standard InChI is InChI=1S/C14H10F2O3/c15-12-5-10(8-18)6-13(16)14(12)19-11-3-1-9(7-17)2-4-11/h1-6,8,17H,7H2. The lowest BCUT2D eigenvalue weighted by Gasteiger charge is -2.08. The Morgan fingerprint density at radius 1 is 1.11 bits per heavy atom. The third-order valence-electron chi connectivity index (χ3n) is 2.48. The topological polar surface area (TPSA) is 46.5 Å². The summed E-state index contributed by atoms with van der Waals surface area (Å²) in [5.41, 5.74) is 0.558. The van der Waals surface area contributed by atoms with Crippen molar-refractivity contribution < 1.29 is 23.4 Å². The second-order valence-electron chi connectivity index (χ2n) is 3.84. The van der Waals surface area contributed by atoms with Crippen LogP contribution < -0.4 is 4.74 Å². The number of aliphatic hydroxyl groups is 1. The lowest BCUT2D eigenvalue weighted by molar-refractivity contribution is 0.112. The molecule has 0 unspecified atom stereocenters. The summed E-state index contributed by atoms with van der Waals surface area (Å²) >= 11 is 0. The Bertz CT molecular complexity index is 571. The van der Waals surface area contributed by atoms with Crippen LogP contribution in [0.15, 0.2) is 36.4 Å². The van der Waals surface area contributed by atoms with Gasteiger partial charge in [0, 0.05) is 5.56 Å². The molecule has 19 heavy (non-hydrogen) atoms. The second kappa shape index (κ2) is 5.58. The van der Waals surface area contributed by atoms with Gasteiger partial charge in [0.25, 0.3) is 0 Å². The van der Waals surface area contributed by atoms with Crippen molar-refractivity contribution in [2.24, 2.45) is 0 Å². The van der Waals surface area contributed by atoms with Gasteiger partial charge in [0.1, 0.15) is 12.0 Å². The minimum atomic E-state index is -0.951. The van der Waals surface area contributed by atoms with Crippen LogP contribution in [-0.4, -0.2) is 11.4 Å². The number of carbonyl (C=O) groups is 1. The van der Waals surface area contributed by atoms with Gasteiger partial charge in [-0.05, 0) is 29.8 Å². The van der Waals surface area contributed by atoms with Crippen LogP contribution in [0.4, 0.5) is 8.78 Å². The average Bonchev–Trinajstić information content (AvgIpc) is 2.43. The molecule has 0 atom stereocenters. The summed E-state index contributed by atoms with van der Waals surface area (Å²) in [5, 5.41) is 8.87. The Balaban J connectivity index is 2.29. The quantitative estimate of drug-likeness (QED) is 0.863. The number of halogens is 2. The van der Waals surface area contributed by atoms with E-state index in [1.165, 1.54) is 12.1 Å². The second-order valence-corrected chi connectivity index (χ2v) is 3.84. The van der Waals surface area contributed by atoms with Crippen molar-refractivity contribution in [2.75, 3.05) is 0 Å². The molecule has 2 aromatic rings. The molecule has 0 heterocycles. The fourth-order valence-corrected chi connectivity index (χ4v) is 1.53. The predicted octanol–water partition coefficient (Wildman–Crippen LogP) is 3.06. The summed E-state index contributed by atoms with van der Waals surface area (Å²) in [6.07, 6.45) is 0.353. The molecule has 0 bridgehead atoms. The lowest BCUT2D eigenvalue weighted by Crippen LogP contribution is -1.95. The zero-order valence-electron chi connectivity index (χ0n) is 9.77. The summed E-state index contributed by atoms with van der Waals surface area (Å²) in [5.74, 6) is -2.24. The Morgan fingerprint density at radius 3 is 2.16 bits per heavy atom. The van der Waals surface area contributed by atoms with Gasteiger partial charge < -0.3 is 9.84 Å². The first kappa shape index (κ1) is 13.2. The van der Waals surface area contributed by atoms with E-state index in [4.69, 9.17) is 9.84 Å². The summed E-state index contributed by atoms with van der Waals surface area (Å²) < 4.78 is 32.2. The van der Waals surface area contributed by atoms with E-state index in [-0.39, 0.29) is 17.9 Å². The van der Waals surface area contributed by atoms with Crippen molar-refractivity contribution in [3.8, 4) is 11.5 Å². The molecule has 3 nitrogen and oxygen atoms in total. The van der Waals surface area contributed by atoms with Crippen molar-refractivity contribution in [3.63, 3.8) is 0 Å². The monoisotopic (exact) mass is 264 g/mol. The van der Waals surface area contributed by atoms with E-state index in [1.54, 1.807) is 12.1 Å². The Hall–Kier alpha value is -2.27. The van der Waals surface area contributed by atoms with Crippen LogP contribution >= 0.6 is 0 Å².